The maximum Gasteiger partial charge on any atom is 0.407 e. The Morgan fingerprint density at radius 2 is 1.81 bits per heavy atom. The zero-order valence-corrected chi connectivity index (χ0v) is 18.7. The van der Waals surface area contributed by atoms with Gasteiger partial charge in [-0.2, -0.15) is 0 Å². The van der Waals surface area contributed by atoms with E-state index < -0.39 is 23.6 Å². The van der Waals surface area contributed by atoms with Crippen LogP contribution in [0.2, 0.25) is 0 Å². The van der Waals surface area contributed by atoms with E-state index in [1.807, 2.05) is 24.3 Å². The van der Waals surface area contributed by atoms with Crippen LogP contribution >= 0.6 is 0 Å². The Kier molecular flexibility index (Phi) is 11.1. The van der Waals surface area contributed by atoms with Crippen LogP contribution < -0.4 is 11.1 Å². The summed E-state index contributed by atoms with van der Waals surface area (Å²) in [6.07, 6.45) is 0.626. The van der Waals surface area contributed by atoms with E-state index in [4.69, 9.17) is 15.2 Å². The number of primary amides is 1. The van der Waals surface area contributed by atoms with Gasteiger partial charge in [0.05, 0.1) is 32.8 Å². The second kappa shape index (κ2) is 13.3. The van der Waals surface area contributed by atoms with Crippen LogP contribution in [0.5, 0.6) is 0 Å². The number of hydrogen-bond acceptors (Lipinski definition) is 6. The molecule has 0 aliphatic carbocycles. The maximum atomic E-state index is 12.0. The maximum absolute atomic E-state index is 12.0. The first kappa shape index (κ1) is 26.0. The summed E-state index contributed by atoms with van der Waals surface area (Å²) < 4.78 is 15.5. The Hall–Kier alpha value is -3.05. The predicted octanol–water partition coefficient (Wildman–Crippen LogP) is 2.67. The summed E-state index contributed by atoms with van der Waals surface area (Å²) in [4.78, 5) is 34.1. The first-order chi connectivity index (χ1) is 14.6. The van der Waals surface area contributed by atoms with Crippen molar-refractivity contribution < 1.29 is 28.6 Å². The number of amides is 2. The molecule has 31 heavy (non-hydrogen) atoms. The van der Waals surface area contributed by atoms with Crippen molar-refractivity contribution in [1.29, 1.82) is 0 Å². The normalized spacial score (nSPS) is 11.6. The fourth-order valence-corrected chi connectivity index (χ4v) is 2.42. The molecule has 0 aromatic heterocycles. The Labute approximate surface area is 183 Å². The Balaban J connectivity index is 2.52. The molecule has 0 aliphatic heterocycles. The first-order valence-corrected chi connectivity index (χ1v) is 10.1. The molecule has 0 spiro atoms. The van der Waals surface area contributed by atoms with Crippen molar-refractivity contribution in [2.45, 2.75) is 64.7 Å². The van der Waals surface area contributed by atoms with Gasteiger partial charge in [0.15, 0.2) is 0 Å². The van der Waals surface area contributed by atoms with E-state index in [1.165, 1.54) is 7.11 Å². The second-order valence-corrected chi connectivity index (χ2v) is 7.94. The molecule has 2 amide bonds. The molecule has 3 N–H and O–H groups in total. The number of methoxy groups -OCH3 is 1. The number of nitrogens with one attached hydrogen (secondary N) is 1. The number of esters is 1. The van der Waals surface area contributed by atoms with Crippen molar-refractivity contribution >= 4 is 18.0 Å². The van der Waals surface area contributed by atoms with Gasteiger partial charge >= 0.3 is 12.1 Å². The summed E-state index contributed by atoms with van der Waals surface area (Å²) >= 11 is 0. The SMILES string of the molecule is COC(=O)CCC#Cc1ccc(COC[C@H](CCC(N)=O)NC(=O)OC(C)(C)C)cc1. The minimum absolute atomic E-state index is 0.132. The Bertz CT molecular complexity index is 787. The van der Waals surface area contributed by atoms with E-state index >= 15 is 0 Å². The predicted molar refractivity (Wildman–Crippen MR) is 116 cm³/mol. The monoisotopic (exact) mass is 432 g/mol. The van der Waals surface area contributed by atoms with Crippen molar-refractivity contribution in [3.63, 3.8) is 0 Å². The molecule has 0 radical (unpaired) electrons. The molecule has 1 rings (SSSR count). The summed E-state index contributed by atoms with van der Waals surface area (Å²) in [6.45, 7) is 5.86. The number of hydrogen-bond donors (Lipinski definition) is 2. The highest BCUT2D eigenvalue weighted by molar-refractivity contribution is 5.74. The molecule has 8 nitrogen and oxygen atoms in total. The van der Waals surface area contributed by atoms with E-state index in [-0.39, 0.29) is 25.4 Å². The summed E-state index contributed by atoms with van der Waals surface area (Å²) in [5, 5.41) is 2.72. The zero-order chi connectivity index (χ0) is 23.3. The third-order valence-electron chi connectivity index (χ3n) is 3.92. The summed E-state index contributed by atoms with van der Waals surface area (Å²) in [7, 11) is 1.35. The molecule has 0 heterocycles. The van der Waals surface area contributed by atoms with Gasteiger partial charge in [-0.05, 0) is 44.9 Å². The van der Waals surface area contributed by atoms with E-state index in [9.17, 15) is 14.4 Å². The van der Waals surface area contributed by atoms with Crippen LogP contribution in [0, 0.1) is 11.8 Å². The van der Waals surface area contributed by atoms with Gasteiger partial charge < -0.3 is 25.3 Å². The van der Waals surface area contributed by atoms with Crippen LogP contribution in [0.3, 0.4) is 0 Å². The van der Waals surface area contributed by atoms with E-state index in [2.05, 4.69) is 21.9 Å². The topological polar surface area (TPSA) is 117 Å². The molecule has 0 fully saturated rings. The number of ether oxygens (including phenoxy) is 3. The molecule has 0 aliphatic rings. The van der Waals surface area contributed by atoms with Gasteiger partial charge in [-0.25, -0.2) is 4.79 Å². The number of benzene rings is 1. The van der Waals surface area contributed by atoms with Crippen molar-refractivity contribution in [2.24, 2.45) is 5.73 Å². The average molecular weight is 433 g/mol. The summed E-state index contributed by atoms with van der Waals surface area (Å²) in [5.74, 6) is 5.19. The van der Waals surface area contributed by atoms with Gasteiger partial charge in [-0.3, -0.25) is 9.59 Å². The molecular formula is C23H32N2O6. The lowest BCUT2D eigenvalue weighted by Gasteiger charge is -2.23. The standard InChI is InChI=1S/C23H32N2O6/c1-23(2,3)31-22(28)25-19(13-14-20(24)26)16-30-15-18-11-9-17(10-12-18)7-5-6-8-21(27)29-4/h9-12,19H,6,8,13-16H2,1-4H3,(H2,24,26)(H,25,28)/t19-/m0/s1. The van der Waals surface area contributed by atoms with Gasteiger partial charge in [-0.1, -0.05) is 24.0 Å². The highest BCUT2D eigenvalue weighted by Crippen LogP contribution is 2.09. The number of rotatable bonds is 10. The van der Waals surface area contributed by atoms with Gasteiger partial charge in [0, 0.05) is 18.4 Å². The highest BCUT2D eigenvalue weighted by atomic mass is 16.6. The lowest BCUT2D eigenvalue weighted by atomic mass is 10.1. The van der Waals surface area contributed by atoms with Gasteiger partial charge in [0.2, 0.25) is 5.91 Å². The molecular weight excluding hydrogens is 400 g/mol. The lowest BCUT2D eigenvalue weighted by Crippen LogP contribution is -2.42. The van der Waals surface area contributed by atoms with Crippen LogP contribution in [0.25, 0.3) is 0 Å². The number of carbonyl (C=O) groups excluding carboxylic acids is 3. The lowest BCUT2D eigenvalue weighted by molar-refractivity contribution is -0.140. The van der Waals surface area contributed by atoms with Crippen molar-refractivity contribution in [3.05, 3.63) is 35.4 Å². The summed E-state index contributed by atoms with van der Waals surface area (Å²) in [5.41, 5.74) is 6.36. The largest absolute Gasteiger partial charge is 0.469 e. The Morgan fingerprint density at radius 3 is 2.39 bits per heavy atom. The first-order valence-electron chi connectivity index (χ1n) is 10.1. The van der Waals surface area contributed by atoms with Crippen LogP contribution in [0.4, 0.5) is 4.79 Å². The number of carbonyl (C=O) groups is 3. The van der Waals surface area contributed by atoms with Crippen molar-refractivity contribution in [1.82, 2.24) is 5.32 Å². The van der Waals surface area contributed by atoms with E-state index in [0.717, 1.165) is 11.1 Å². The van der Waals surface area contributed by atoms with Gasteiger partial charge in [0.25, 0.3) is 0 Å². The molecule has 0 saturated carbocycles. The smallest absolute Gasteiger partial charge is 0.407 e. The molecule has 1 atom stereocenters. The van der Waals surface area contributed by atoms with Crippen LogP contribution in [0.1, 0.15) is 57.6 Å². The van der Waals surface area contributed by atoms with Gasteiger partial charge in [0.1, 0.15) is 5.60 Å². The van der Waals surface area contributed by atoms with E-state index in [1.54, 1.807) is 20.8 Å². The van der Waals surface area contributed by atoms with Crippen LogP contribution in [-0.4, -0.2) is 43.3 Å². The quantitative estimate of drug-likeness (QED) is 0.434. The summed E-state index contributed by atoms with van der Waals surface area (Å²) in [6, 6.07) is 7.12. The van der Waals surface area contributed by atoms with E-state index in [0.29, 0.717) is 19.4 Å². The third-order valence-corrected chi connectivity index (χ3v) is 3.92. The third kappa shape index (κ3) is 13.0. The molecule has 0 unspecified atom stereocenters. The molecule has 170 valence electrons. The molecule has 1 aromatic carbocycles. The Morgan fingerprint density at radius 1 is 1.13 bits per heavy atom. The fraction of sp³-hybridized carbons (Fsp3) is 0.522. The molecule has 0 bridgehead atoms. The number of alkyl carbamates (subject to hydrolysis) is 1. The van der Waals surface area contributed by atoms with Crippen molar-refractivity contribution in [2.75, 3.05) is 13.7 Å². The van der Waals surface area contributed by atoms with Gasteiger partial charge in [-0.15, -0.1) is 0 Å². The fourth-order valence-electron chi connectivity index (χ4n) is 2.42. The molecule has 8 heteroatoms. The minimum atomic E-state index is -0.622. The average Bonchev–Trinajstić information content (AvgIpc) is 2.68. The molecule has 0 saturated heterocycles. The number of nitrogens with two attached hydrogens (primary N) is 1. The second-order valence-electron chi connectivity index (χ2n) is 7.94. The highest BCUT2D eigenvalue weighted by Gasteiger charge is 2.20. The zero-order valence-electron chi connectivity index (χ0n) is 18.7. The van der Waals surface area contributed by atoms with Crippen molar-refractivity contribution in [3.8, 4) is 11.8 Å². The van der Waals surface area contributed by atoms with Crippen LogP contribution in [-0.2, 0) is 30.4 Å². The van der Waals surface area contributed by atoms with Crippen LogP contribution in [0.15, 0.2) is 24.3 Å². The minimum Gasteiger partial charge on any atom is -0.469 e. The molecule has 1 aromatic rings.